The topological polar surface area (TPSA) is 68.4 Å². The number of amides is 1. The van der Waals surface area contributed by atoms with E-state index in [0.29, 0.717) is 18.7 Å². The number of anilines is 3. The lowest BCUT2D eigenvalue weighted by atomic mass is 10.0. The number of rotatable bonds is 6. The van der Waals surface area contributed by atoms with Gasteiger partial charge in [0.05, 0.1) is 17.9 Å². The molecule has 184 valence electrons. The number of nitrogens with one attached hydrogen (secondary N) is 2. The summed E-state index contributed by atoms with van der Waals surface area (Å²) in [4.78, 5) is 34.0. The summed E-state index contributed by atoms with van der Waals surface area (Å²) >= 11 is 1.65. The predicted molar refractivity (Wildman–Crippen MR) is 150 cm³/mol. The average Bonchev–Trinajstić information content (AvgIpc) is 3.03. The first kappa shape index (κ1) is 24.2. The lowest BCUT2D eigenvalue weighted by molar-refractivity contribution is -0.118. The van der Waals surface area contributed by atoms with E-state index in [2.05, 4.69) is 28.5 Å². The van der Waals surface area contributed by atoms with Gasteiger partial charge in [0.2, 0.25) is 5.91 Å². The van der Waals surface area contributed by atoms with Gasteiger partial charge in [0, 0.05) is 28.2 Å². The average molecular weight is 499 g/mol. The summed E-state index contributed by atoms with van der Waals surface area (Å²) < 4.78 is 0. The molecule has 0 spiro atoms. The Kier molecular flexibility index (Phi) is 6.85. The first-order valence-corrected chi connectivity index (χ1v) is 13.3. The number of carbonyl (C=O) groups excluding carboxylic acids is 1. The van der Waals surface area contributed by atoms with Crippen molar-refractivity contribution in [1.29, 1.82) is 0 Å². The van der Waals surface area contributed by atoms with Crippen LogP contribution in [0.2, 0.25) is 0 Å². The van der Waals surface area contributed by atoms with Crippen LogP contribution in [0.4, 0.5) is 17.1 Å². The minimum Gasteiger partial charge on any atom is -0.381 e. The SMILES string of the molecule is CSc1ccc2cc(CNc3ccc4c(c3)N(C(=O)CN(C)C)c3ccccc3CC4)c(=O)[nH]c2c1. The second-order valence-electron chi connectivity index (χ2n) is 9.37. The van der Waals surface area contributed by atoms with E-state index >= 15 is 0 Å². The van der Waals surface area contributed by atoms with E-state index in [1.54, 1.807) is 11.8 Å². The van der Waals surface area contributed by atoms with Gasteiger partial charge < -0.3 is 15.2 Å². The molecule has 7 heteroatoms. The van der Waals surface area contributed by atoms with Crippen molar-refractivity contribution >= 4 is 45.6 Å². The van der Waals surface area contributed by atoms with E-state index in [1.807, 2.05) is 78.7 Å². The van der Waals surface area contributed by atoms with E-state index in [1.165, 1.54) is 5.56 Å². The molecule has 0 saturated carbocycles. The van der Waals surface area contributed by atoms with Crippen molar-refractivity contribution in [2.24, 2.45) is 0 Å². The number of aryl methyl sites for hydroxylation is 2. The van der Waals surface area contributed by atoms with Crippen molar-refractivity contribution in [3.63, 3.8) is 0 Å². The highest BCUT2D eigenvalue weighted by atomic mass is 32.2. The number of aromatic nitrogens is 1. The van der Waals surface area contributed by atoms with Crippen molar-refractivity contribution in [2.75, 3.05) is 37.1 Å². The van der Waals surface area contributed by atoms with Gasteiger partial charge in [-0.05, 0) is 86.1 Å². The molecule has 1 aromatic heterocycles. The molecule has 5 rings (SSSR count). The van der Waals surface area contributed by atoms with Crippen molar-refractivity contribution < 1.29 is 4.79 Å². The lowest BCUT2D eigenvalue weighted by Gasteiger charge is -2.27. The van der Waals surface area contributed by atoms with Crippen LogP contribution in [0, 0.1) is 0 Å². The van der Waals surface area contributed by atoms with Gasteiger partial charge in [-0.2, -0.15) is 0 Å². The molecule has 36 heavy (non-hydrogen) atoms. The number of nitrogens with zero attached hydrogens (tertiary/aromatic N) is 2. The predicted octanol–water partition coefficient (Wildman–Crippen LogP) is 5.19. The summed E-state index contributed by atoms with van der Waals surface area (Å²) in [7, 11) is 3.81. The van der Waals surface area contributed by atoms with Gasteiger partial charge in [0.1, 0.15) is 0 Å². The van der Waals surface area contributed by atoms with E-state index in [0.717, 1.165) is 51.3 Å². The van der Waals surface area contributed by atoms with Crippen molar-refractivity contribution in [3.05, 3.63) is 93.8 Å². The summed E-state index contributed by atoms with van der Waals surface area (Å²) in [6, 6.07) is 22.3. The molecule has 0 bridgehead atoms. The Balaban J connectivity index is 1.46. The number of hydrogen-bond donors (Lipinski definition) is 2. The summed E-state index contributed by atoms with van der Waals surface area (Å²) in [6.07, 6.45) is 3.76. The number of para-hydroxylation sites is 1. The maximum atomic E-state index is 13.4. The number of fused-ring (bicyclic) bond motifs is 3. The zero-order chi connectivity index (χ0) is 25.2. The smallest absolute Gasteiger partial charge is 0.253 e. The number of pyridine rings is 1. The number of aromatic amines is 1. The number of H-pyrrole nitrogens is 1. The van der Waals surface area contributed by atoms with Crippen LogP contribution in [0.1, 0.15) is 16.7 Å². The van der Waals surface area contributed by atoms with Gasteiger partial charge in [0.15, 0.2) is 0 Å². The molecule has 0 aliphatic carbocycles. The third kappa shape index (κ3) is 4.90. The minimum absolute atomic E-state index is 0.0309. The molecule has 0 atom stereocenters. The maximum absolute atomic E-state index is 13.4. The highest BCUT2D eigenvalue weighted by Gasteiger charge is 2.26. The molecule has 2 heterocycles. The first-order valence-electron chi connectivity index (χ1n) is 12.1. The minimum atomic E-state index is -0.0975. The van der Waals surface area contributed by atoms with Crippen molar-refractivity contribution in [3.8, 4) is 0 Å². The Hall–Kier alpha value is -3.55. The number of hydrogen-bond acceptors (Lipinski definition) is 5. The van der Waals surface area contributed by atoms with Gasteiger partial charge in [0.25, 0.3) is 5.56 Å². The molecule has 2 N–H and O–H groups in total. The largest absolute Gasteiger partial charge is 0.381 e. The van der Waals surface area contributed by atoms with Crippen LogP contribution in [0.3, 0.4) is 0 Å². The quantitative estimate of drug-likeness (QED) is 0.358. The molecule has 0 fully saturated rings. The summed E-state index contributed by atoms with van der Waals surface area (Å²) in [5, 5.41) is 4.41. The standard InChI is InChI=1S/C29H30N4O2S/c1-32(2)18-28(34)33-26-7-5-4-6-19(26)8-9-20-10-12-23(15-27(20)33)30-17-22-14-21-11-13-24(36-3)16-25(21)31-29(22)35/h4-7,10-16,30H,8-9,17-18H2,1-3H3,(H,31,35). The van der Waals surface area contributed by atoms with E-state index in [9.17, 15) is 9.59 Å². The zero-order valence-corrected chi connectivity index (χ0v) is 21.6. The van der Waals surface area contributed by atoms with Crippen LogP contribution in [0.5, 0.6) is 0 Å². The second kappa shape index (κ2) is 10.2. The molecular formula is C29H30N4O2S. The second-order valence-corrected chi connectivity index (χ2v) is 10.2. The third-order valence-electron chi connectivity index (χ3n) is 6.54. The molecule has 1 aliphatic heterocycles. The van der Waals surface area contributed by atoms with Crippen molar-refractivity contribution in [1.82, 2.24) is 9.88 Å². The zero-order valence-electron chi connectivity index (χ0n) is 20.8. The van der Waals surface area contributed by atoms with Crippen LogP contribution in [-0.2, 0) is 24.2 Å². The number of carbonyl (C=O) groups is 1. The third-order valence-corrected chi connectivity index (χ3v) is 7.26. The fourth-order valence-electron chi connectivity index (χ4n) is 4.72. The highest BCUT2D eigenvalue weighted by Crippen LogP contribution is 2.37. The fourth-order valence-corrected chi connectivity index (χ4v) is 5.16. The van der Waals surface area contributed by atoms with Crippen LogP contribution in [0.25, 0.3) is 10.9 Å². The summed E-state index contributed by atoms with van der Waals surface area (Å²) in [5.41, 5.74) is 6.42. The molecule has 1 amide bonds. The number of likely N-dealkylation sites (N-methyl/N-ethyl adjacent to an activating group) is 1. The Labute approximate surface area is 215 Å². The molecule has 1 aliphatic rings. The van der Waals surface area contributed by atoms with Crippen molar-refractivity contribution in [2.45, 2.75) is 24.3 Å². The molecule has 4 aromatic rings. The van der Waals surface area contributed by atoms with Crippen LogP contribution < -0.4 is 15.8 Å². The molecule has 3 aromatic carbocycles. The van der Waals surface area contributed by atoms with Gasteiger partial charge in [-0.3, -0.25) is 14.5 Å². The van der Waals surface area contributed by atoms with Gasteiger partial charge in [-0.15, -0.1) is 11.8 Å². The van der Waals surface area contributed by atoms with Crippen LogP contribution >= 0.6 is 11.8 Å². The molecule has 0 radical (unpaired) electrons. The van der Waals surface area contributed by atoms with E-state index in [4.69, 9.17) is 0 Å². The van der Waals surface area contributed by atoms with Gasteiger partial charge in [-0.25, -0.2) is 0 Å². The molecule has 0 saturated heterocycles. The maximum Gasteiger partial charge on any atom is 0.253 e. The molecule has 6 nitrogen and oxygen atoms in total. The summed E-state index contributed by atoms with van der Waals surface area (Å²) in [5.74, 6) is 0.0309. The highest BCUT2D eigenvalue weighted by molar-refractivity contribution is 7.98. The monoisotopic (exact) mass is 498 g/mol. The van der Waals surface area contributed by atoms with Crippen LogP contribution in [-0.4, -0.2) is 42.7 Å². The molecule has 0 unspecified atom stereocenters. The Bertz CT molecular complexity index is 1490. The van der Waals surface area contributed by atoms with Crippen LogP contribution in [0.15, 0.2) is 76.4 Å². The molecular weight excluding hydrogens is 468 g/mol. The first-order chi connectivity index (χ1) is 17.4. The normalized spacial score (nSPS) is 12.8. The number of benzene rings is 3. The Morgan fingerprint density at radius 3 is 2.56 bits per heavy atom. The van der Waals surface area contributed by atoms with Gasteiger partial charge >= 0.3 is 0 Å². The van der Waals surface area contributed by atoms with E-state index < -0.39 is 0 Å². The number of thioether (sulfide) groups is 1. The van der Waals surface area contributed by atoms with E-state index in [-0.39, 0.29) is 11.5 Å². The van der Waals surface area contributed by atoms with Gasteiger partial charge in [-0.1, -0.05) is 30.3 Å². The Morgan fingerprint density at radius 1 is 1.00 bits per heavy atom. The Morgan fingerprint density at radius 2 is 1.78 bits per heavy atom. The lowest BCUT2D eigenvalue weighted by Crippen LogP contribution is -2.35. The fraction of sp³-hybridized carbons (Fsp3) is 0.241. The summed E-state index contributed by atoms with van der Waals surface area (Å²) in [6.45, 7) is 0.701.